The Morgan fingerprint density at radius 2 is 1.89 bits per heavy atom. The van der Waals surface area contributed by atoms with Crippen molar-refractivity contribution in [1.29, 1.82) is 0 Å². The molecule has 3 rings (SSSR count). The van der Waals surface area contributed by atoms with Crippen LogP contribution in [-0.2, 0) is 17.1 Å². The van der Waals surface area contributed by atoms with Gasteiger partial charge in [-0.15, -0.1) is 12.4 Å². The zero-order valence-electron chi connectivity index (χ0n) is 11.0. The quantitative estimate of drug-likeness (QED) is 0.834. The summed E-state index contributed by atoms with van der Waals surface area (Å²) in [6.45, 7) is 4.91. The average molecular weight is 307 g/mol. The van der Waals surface area contributed by atoms with Crippen LogP contribution in [0.4, 0.5) is 0 Å². The van der Waals surface area contributed by atoms with Crippen LogP contribution in [0.3, 0.4) is 0 Å². The number of halogens is 1. The maximum atomic E-state index is 12.5. The molecule has 1 aromatic rings. The highest BCUT2D eigenvalue weighted by molar-refractivity contribution is 7.89. The normalized spacial score (nSPS) is 27.3. The Labute approximate surface area is 119 Å². The van der Waals surface area contributed by atoms with Crippen molar-refractivity contribution < 1.29 is 8.42 Å². The summed E-state index contributed by atoms with van der Waals surface area (Å²) in [7, 11) is -1.60. The first-order valence-corrected chi connectivity index (χ1v) is 7.63. The van der Waals surface area contributed by atoms with Crippen molar-refractivity contribution in [3.63, 3.8) is 0 Å². The van der Waals surface area contributed by atoms with E-state index < -0.39 is 10.0 Å². The van der Waals surface area contributed by atoms with Gasteiger partial charge in [0.15, 0.2) is 5.03 Å². The van der Waals surface area contributed by atoms with Crippen molar-refractivity contribution in [3.8, 4) is 0 Å². The van der Waals surface area contributed by atoms with Gasteiger partial charge in [-0.2, -0.15) is 4.31 Å². The van der Waals surface area contributed by atoms with Crippen molar-refractivity contribution >= 4 is 22.4 Å². The second-order valence-electron chi connectivity index (χ2n) is 5.24. The molecule has 0 spiro atoms. The van der Waals surface area contributed by atoms with Crippen LogP contribution in [0.5, 0.6) is 0 Å². The van der Waals surface area contributed by atoms with Crippen molar-refractivity contribution in [2.75, 3.05) is 26.2 Å². The molecule has 3 heterocycles. The minimum absolute atomic E-state index is 0. The summed E-state index contributed by atoms with van der Waals surface area (Å²) in [6, 6.07) is 0. The fourth-order valence-electron chi connectivity index (χ4n) is 2.79. The molecule has 1 aromatic heterocycles. The molecule has 0 unspecified atom stereocenters. The number of aryl methyl sites for hydroxylation is 2. The molecule has 6 nitrogen and oxygen atoms in total. The zero-order chi connectivity index (χ0) is 12.9. The fourth-order valence-corrected chi connectivity index (χ4v) is 4.37. The van der Waals surface area contributed by atoms with E-state index in [1.165, 1.54) is 0 Å². The van der Waals surface area contributed by atoms with Gasteiger partial charge in [-0.05, 0) is 31.8 Å². The molecule has 0 amide bonds. The SMILES string of the molecule is Cc1nc(S(=O)(=O)N2C[C@H]3CNC[C@H]3C2)cn1C.Cl. The standard InChI is InChI=1S/C11H18N4O2S.ClH/c1-8-13-11(7-14(8)2)18(16,17)15-5-9-3-12-4-10(9)6-15;/h7,9-10,12H,3-6H2,1-2H3;1H/t9-,10+;. The Kier molecular flexibility index (Phi) is 3.92. The summed E-state index contributed by atoms with van der Waals surface area (Å²) in [5.74, 6) is 1.64. The topological polar surface area (TPSA) is 67.2 Å². The van der Waals surface area contributed by atoms with Gasteiger partial charge in [0.1, 0.15) is 5.82 Å². The summed E-state index contributed by atoms with van der Waals surface area (Å²) in [6.07, 6.45) is 1.59. The van der Waals surface area contributed by atoms with E-state index >= 15 is 0 Å². The molecule has 0 bridgehead atoms. The lowest BCUT2D eigenvalue weighted by molar-refractivity contribution is 0.446. The van der Waals surface area contributed by atoms with Crippen LogP contribution in [0.1, 0.15) is 5.82 Å². The number of rotatable bonds is 2. The van der Waals surface area contributed by atoms with Crippen LogP contribution in [0.15, 0.2) is 11.2 Å². The Hall–Kier alpha value is -0.630. The van der Waals surface area contributed by atoms with Gasteiger partial charge in [0, 0.05) is 26.3 Å². The number of hydrogen-bond acceptors (Lipinski definition) is 4. The second-order valence-corrected chi connectivity index (χ2v) is 7.12. The lowest BCUT2D eigenvalue weighted by Gasteiger charge is -2.15. The molecule has 2 atom stereocenters. The average Bonchev–Trinajstić information content (AvgIpc) is 2.93. The third-order valence-electron chi connectivity index (χ3n) is 4.05. The molecule has 0 radical (unpaired) electrons. The number of hydrogen-bond donors (Lipinski definition) is 1. The molecule has 8 heteroatoms. The first-order valence-electron chi connectivity index (χ1n) is 6.19. The van der Waals surface area contributed by atoms with Crippen molar-refractivity contribution in [2.24, 2.45) is 18.9 Å². The third kappa shape index (κ3) is 2.40. The molecule has 0 aromatic carbocycles. The number of nitrogens with zero attached hydrogens (tertiary/aromatic N) is 3. The monoisotopic (exact) mass is 306 g/mol. The maximum absolute atomic E-state index is 12.5. The summed E-state index contributed by atoms with van der Waals surface area (Å²) in [5, 5.41) is 3.48. The van der Waals surface area contributed by atoms with Crippen molar-refractivity contribution in [2.45, 2.75) is 11.9 Å². The zero-order valence-corrected chi connectivity index (χ0v) is 12.7. The largest absolute Gasteiger partial charge is 0.337 e. The highest BCUT2D eigenvalue weighted by Crippen LogP contribution is 2.30. The number of nitrogens with one attached hydrogen (secondary N) is 1. The van der Waals surface area contributed by atoms with Crippen LogP contribution in [0.2, 0.25) is 0 Å². The number of imidazole rings is 1. The highest BCUT2D eigenvalue weighted by Gasteiger charge is 2.42. The number of aromatic nitrogens is 2. The summed E-state index contributed by atoms with van der Waals surface area (Å²) >= 11 is 0. The summed E-state index contributed by atoms with van der Waals surface area (Å²) in [5.41, 5.74) is 0. The Balaban J connectivity index is 0.00000133. The first kappa shape index (κ1) is 14.8. The van der Waals surface area contributed by atoms with E-state index in [0.717, 1.165) is 18.9 Å². The van der Waals surface area contributed by atoms with Gasteiger partial charge < -0.3 is 9.88 Å². The Morgan fingerprint density at radius 3 is 2.37 bits per heavy atom. The van der Waals surface area contributed by atoms with Gasteiger partial charge in [0.2, 0.25) is 0 Å². The second kappa shape index (κ2) is 5.05. The molecule has 2 aliphatic heterocycles. The molecule has 1 N–H and O–H groups in total. The van der Waals surface area contributed by atoms with Gasteiger partial charge >= 0.3 is 0 Å². The Bertz CT molecular complexity index is 540. The van der Waals surface area contributed by atoms with Crippen molar-refractivity contribution in [3.05, 3.63) is 12.0 Å². The molecular weight excluding hydrogens is 288 g/mol. The van der Waals surface area contributed by atoms with E-state index in [1.807, 2.05) is 14.0 Å². The number of fused-ring (bicyclic) bond motifs is 1. The van der Waals surface area contributed by atoms with Crippen LogP contribution < -0.4 is 5.32 Å². The minimum Gasteiger partial charge on any atom is -0.337 e. The van der Waals surface area contributed by atoms with Gasteiger partial charge in [-0.3, -0.25) is 0 Å². The lowest BCUT2D eigenvalue weighted by atomic mass is 10.0. The van der Waals surface area contributed by atoms with Crippen LogP contribution in [0, 0.1) is 18.8 Å². The fraction of sp³-hybridized carbons (Fsp3) is 0.727. The predicted molar refractivity (Wildman–Crippen MR) is 73.8 cm³/mol. The number of sulfonamides is 1. The van der Waals surface area contributed by atoms with E-state index in [-0.39, 0.29) is 17.4 Å². The molecule has 2 aliphatic rings. The molecule has 2 fully saturated rings. The minimum atomic E-state index is -3.41. The van der Waals surface area contributed by atoms with Crippen LogP contribution in [-0.4, -0.2) is 48.5 Å². The van der Waals surface area contributed by atoms with E-state index in [4.69, 9.17) is 0 Å². The molecule has 0 aliphatic carbocycles. The van der Waals surface area contributed by atoms with Gasteiger partial charge in [0.05, 0.1) is 0 Å². The van der Waals surface area contributed by atoms with E-state index in [1.54, 1.807) is 15.1 Å². The molecule has 2 saturated heterocycles. The van der Waals surface area contributed by atoms with Gasteiger partial charge in [-0.1, -0.05) is 0 Å². The predicted octanol–water partition coefficient (Wildman–Crippen LogP) is -0.00978. The van der Waals surface area contributed by atoms with Gasteiger partial charge in [0.25, 0.3) is 10.0 Å². The first-order chi connectivity index (χ1) is 8.48. The van der Waals surface area contributed by atoms with E-state index in [0.29, 0.717) is 24.9 Å². The van der Waals surface area contributed by atoms with Crippen LogP contribution in [0.25, 0.3) is 0 Å². The van der Waals surface area contributed by atoms with E-state index in [9.17, 15) is 8.42 Å². The Morgan fingerprint density at radius 1 is 1.32 bits per heavy atom. The lowest BCUT2D eigenvalue weighted by Crippen LogP contribution is -2.32. The van der Waals surface area contributed by atoms with Crippen molar-refractivity contribution in [1.82, 2.24) is 19.2 Å². The molecule has 0 saturated carbocycles. The third-order valence-corrected chi connectivity index (χ3v) is 5.75. The summed E-state index contributed by atoms with van der Waals surface area (Å²) in [4.78, 5) is 4.14. The van der Waals surface area contributed by atoms with E-state index in [2.05, 4.69) is 10.3 Å². The molecule has 108 valence electrons. The maximum Gasteiger partial charge on any atom is 0.262 e. The summed E-state index contributed by atoms with van der Waals surface area (Å²) < 4.78 is 28.3. The smallest absolute Gasteiger partial charge is 0.262 e. The molecule has 19 heavy (non-hydrogen) atoms. The van der Waals surface area contributed by atoms with Gasteiger partial charge in [-0.25, -0.2) is 13.4 Å². The highest BCUT2D eigenvalue weighted by atomic mass is 35.5. The molecular formula is C11H19ClN4O2S. The van der Waals surface area contributed by atoms with Crippen LogP contribution >= 0.6 is 12.4 Å².